The first-order valence-electron chi connectivity index (χ1n) is 8.82. The molecule has 0 aliphatic rings. The van der Waals surface area contributed by atoms with Crippen molar-refractivity contribution in [3.63, 3.8) is 0 Å². The third-order valence-corrected chi connectivity index (χ3v) is 4.69. The van der Waals surface area contributed by atoms with Crippen LogP contribution in [0.15, 0.2) is 36.4 Å². The molecular formula is C20H22N2O5S. The molecule has 0 radical (unpaired) electrons. The molecule has 1 aromatic heterocycles. The molecule has 0 fully saturated rings. The molecule has 0 bridgehead atoms. The molecule has 1 heterocycles. The van der Waals surface area contributed by atoms with Crippen molar-refractivity contribution in [2.75, 3.05) is 18.5 Å². The number of esters is 1. The van der Waals surface area contributed by atoms with Gasteiger partial charge in [0.2, 0.25) is 5.91 Å². The lowest BCUT2D eigenvalue weighted by atomic mass is 10.1. The average molecular weight is 402 g/mol. The van der Waals surface area contributed by atoms with Gasteiger partial charge >= 0.3 is 5.97 Å². The van der Waals surface area contributed by atoms with E-state index in [1.165, 1.54) is 11.3 Å². The number of benzene rings is 1. The molecule has 8 heteroatoms. The van der Waals surface area contributed by atoms with E-state index in [2.05, 4.69) is 10.6 Å². The number of anilines is 1. The third-order valence-electron chi connectivity index (χ3n) is 3.69. The van der Waals surface area contributed by atoms with E-state index in [4.69, 9.17) is 4.74 Å². The standard InChI is InChI=1S/C20H22N2O5S/c1-3-4-18(24)22-15-8-6-14(7-9-15)16(23)12-27-19(25)11-21-20(26)17-10-5-13(2)28-17/h5-10H,3-4,11-12H2,1-2H3,(H,21,26)(H,22,24). The summed E-state index contributed by atoms with van der Waals surface area (Å²) in [6, 6.07) is 9.84. The first-order chi connectivity index (χ1) is 13.4. The van der Waals surface area contributed by atoms with Gasteiger partial charge in [0.15, 0.2) is 12.4 Å². The molecule has 2 aromatic rings. The van der Waals surface area contributed by atoms with E-state index in [0.29, 0.717) is 22.5 Å². The Morgan fingerprint density at radius 1 is 1.04 bits per heavy atom. The van der Waals surface area contributed by atoms with Crippen molar-refractivity contribution in [2.24, 2.45) is 0 Å². The van der Waals surface area contributed by atoms with Crippen LogP contribution in [0.5, 0.6) is 0 Å². The molecular weight excluding hydrogens is 380 g/mol. The predicted molar refractivity (Wildman–Crippen MR) is 107 cm³/mol. The van der Waals surface area contributed by atoms with E-state index in [0.717, 1.165) is 11.3 Å². The van der Waals surface area contributed by atoms with Crippen molar-refractivity contribution in [2.45, 2.75) is 26.7 Å². The Kier molecular flexibility index (Phi) is 7.88. The fourth-order valence-corrected chi connectivity index (χ4v) is 3.05. The number of hydrogen-bond donors (Lipinski definition) is 2. The van der Waals surface area contributed by atoms with Gasteiger partial charge in [-0.25, -0.2) is 0 Å². The van der Waals surface area contributed by atoms with Crippen LogP contribution in [-0.2, 0) is 14.3 Å². The summed E-state index contributed by atoms with van der Waals surface area (Å²) >= 11 is 1.33. The Morgan fingerprint density at radius 3 is 2.36 bits per heavy atom. The second kappa shape index (κ2) is 10.4. The van der Waals surface area contributed by atoms with Crippen LogP contribution >= 0.6 is 11.3 Å². The zero-order valence-corrected chi connectivity index (χ0v) is 16.6. The Bertz CT molecular complexity index is 858. The minimum atomic E-state index is -0.696. The maximum absolute atomic E-state index is 12.1. The fourth-order valence-electron chi connectivity index (χ4n) is 2.27. The maximum Gasteiger partial charge on any atom is 0.325 e. The lowest BCUT2D eigenvalue weighted by Gasteiger charge is -2.07. The van der Waals surface area contributed by atoms with Crippen LogP contribution in [0, 0.1) is 6.92 Å². The van der Waals surface area contributed by atoms with Crippen LogP contribution in [-0.4, -0.2) is 36.7 Å². The molecule has 0 spiro atoms. The molecule has 0 saturated carbocycles. The summed E-state index contributed by atoms with van der Waals surface area (Å²) in [7, 11) is 0. The van der Waals surface area contributed by atoms with Crippen molar-refractivity contribution >= 4 is 40.6 Å². The summed E-state index contributed by atoms with van der Waals surface area (Å²) in [6.07, 6.45) is 1.18. The van der Waals surface area contributed by atoms with Gasteiger partial charge < -0.3 is 15.4 Å². The maximum atomic E-state index is 12.1. The lowest BCUT2D eigenvalue weighted by molar-refractivity contribution is -0.141. The number of Topliss-reactive ketones (excluding diaryl/α,β-unsaturated/α-hetero) is 1. The summed E-state index contributed by atoms with van der Waals surface area (Å²) in [5, 5.41) is 5.18. The van der Waals surface area contributed by atoms with Gasteiger partial charge in [0.1, 0.15) is 6.54 Å². The minimum absolute atomic E-state index is 0.0877. The second-order valence-corrected chi connectivity index (χ2v) is 7.34. The van der Waals surface area contributed by atoms with Crippen LogP contribution in [0.4, 0.5) is 5.69 Å². The van der Waals surface area contributed by atoms with E-state index < -0.39 is 12.6 Å². The number of carbonyl (C=O) groups is 4. The minimum Gasteiger partial charge on any atom is -0.456 e. The lowest BCUT2D eigenvalue weighted by Crippen LogP contribution is -2.31. The summed E-state index contributed by atoms with van der Waals surface area (Å²) in [5.41, 5.74) is 0.956. The fraction of sp³-hybridized carbons (Fsp3) is 0.300. The predicted octanol–water partition coefficient (Wildman–Crippen LogP) is 2.95. The van der Waals surface area contributed by atoms with Gasteiger partial charge in [0.25, 0.3) is 5.91 Å². The smallest absolute Gasteiger partial charge is 0.325 e. The zero-order valence-electron chi connectivity index (χ0n) is 15.7. The molecule has 1 aromatic carbocycles. The van der Waals surface area contributed by atoms with Gasteiger partial charge in [0.05, 0.1) is 4.88 Å². The highest BCUT2D eigenvalue weighted by Gasteiger charge is 2.13. The SMILES string of the molecule is CCCC(=O)Nc1ccc(C(=O)COC(=O)CNC(=O)c2ccc(C)s2)cc1. The van der Waals surface area contributed by atoms with Crippen molar-refractivity contribution in [1.29, 1.82) is 0 Å². The summed E-state index contributed by atoms with van der Waals surface area (Å²) in [4.78, 5) is 48.7. The van der Waals surface area contributed by atoms with Crippen molar-refractivity contribution in [1.82, 2.24) is 5.32 Å². The van der Waals surface area contributed by atoms with Gasteiger partial charge in [-0.15, -0.1) is 11.3 Å². The number of thiophene rings is 1. The molecule has 2 rings (SSSR count). The number of rotatable bonds is 9. The molecule has 2 amide bonds. The molecule has 7 nitrogen and oxygen atoms in total. The third kappa shape index (κ3) is 6.62. The summed E-state index contributed by atoms with van der Waals surface area (Å²) in [5.74, 6) is -1.52. The average Bonchev–Trinajstić information content (AvgIpc) is 3.11. The second-order valence-electron chi connectivity index (χ2n) is 6.05. The van der Waals surface area contributed by atoms with Gasteiger partial charge in [-0.05, 0) is 49.7 Å². The van der Waals surface area contributed by atoms with E-state index in [9.17, 15) is 19.2 Å². The van der Waals surface area contributed by atoms with Crippen LogP contribution in [0.3, 0.4) is 0 Å². The molecule has 0 saturated heterocycles. The van der Waals surface area contributed by atoms with Crippen molar-refractivity contribution < 1.29 is 23.9 Å². The molecule has 0 aliphatic heterocycles. The van der Waals surface area contributed by atoms with Crippen molar-refractivity contribution in [3.8, 4) is 0 Å². The Morgan fingerprint density at radius 2 is 1.75 bits per heavy atom. The zero-order chi connectivity index (χ0) is 20.5. The molecule has 2 N–H and O–H groups in total. The number of hydrogen-bond acceptors (Lipinski definition) is 6. The number of aryl methyl sites for hydroxylation is 1. The van der Waals surface area contributed by atoms with Gasteiger partial charge in [-0.1, -0.05) is 6.92 Å². The monoisotopic (exact) mass is 402 g/mol. The first-order valence-corrected chi connectivity index (χ1v) is 9.64. The van der Waals surface area contributed by atoms with E-state index in [1.54, 1.807) is 30.3 Å². The highest BCUT2D eigenvalue weighted by molar-refractivity contribution is 7.13. The Labute approximate surface area is 167 Å². The number of carbonyl (C=O) groups excluding carboxylic acids is 4. The quantitative estimate of drug-likeness (QED) is 0.496. The molecule has 148 valence electrons. The molecule has 0 atom stereocenters. The van der Waals surface area contributed by atoms with E-state index in [-0.39, 0.29) is 24.1 Å². The van der Waals surface area contributed by atoms with Crippen LogP contribution in [0.25, 0.3) is 0 Å². The van der Waals surface area contributed by atoms with E-state index >= 15 is 0 Å². The summed E-state index contributed by atoms with van der Waals surface area (Å²) < 4.78 is 4.91. The Hall–Kier alpha value is -3.00. The number of ether oxygens (including phenoxy) is 1. The molecule has 0 aliphatic carbocycles. The largest absolute Gasteiger partial charge is 0.456 e. The molecule has 0 unspecified atom stereocenters. The Balaban J connectivity index is 1.75. The van der Waals surface area contributed by atoms with Crippen LogP contribution < -0.4 is 10.6 Å². The molecule has 28 heavy (non-hydrogen) atoms. The van der Waals surface area contributed by atoms with Crippen LogP contribution in [0.1, 0.15) is 44.7 Å². The normalized spacial score (nSPS) is 10.2. The number of nitrogens with one attached hydrogen (secondary N) is 2. The summed E-state index contributed by atoms with van der Waals surface area (Å²) in [6.45, 7) is 3.06. The first kappa shape index (κ1) is 21.3. The van der Waals surface area contributed by atoms with Gasteiger partial charge in [-0.2, -0.15) is 0 Å². The highest BCUT2D eigenvalue weighted by atomic mass is 32.1. The van der Waals surface area contributed by atoms with Crippen LogP contribution in [0.2, 0.25) is 0 Å². The number of ketones is 1. The van der Waals surface area contributed by atoms with Gasteiger partial charge in [0, 0.05) is 22.5 Å². The topological polar surface area (TPSA) is 102 Å². The highest BCUT2D eigenvalue weighted by Crippen LogP contribution is 2.14. The van der Waals surface area contributed by atoms with Crippen molar-refractivity contribution in [3.05, 3.63) is 51.7 Å². The van der Waals surface area contributed by atoms with Gasteiger partial charge in [-0.3, -0.25) is 19.2 Å². The van der Waals surface area contributed by atoms with E-state index in [1.807, 2.05) is 19.9 Å². The number of amides is 2.